The number of aryl methyl sites for hydroxylation is 1. The summed E-state index contributed by atoms with van der Waals surface area (Å²) in [4.78, 5) is 4.95. The number of benzene rings is 2. The first kappa shape index (κ1) is 15.5. The second-order valence-electron chi connectivity index (χ2n) is 7.04. The second-order valence-corrected chi connectivity index (χ2v) is 7.04. The molecule has 3 aromatic rings. The quantitative estimate of drug-likeness (QED) is 0.577. The number of fused-ring (bicyclic) bond motifs is 1. The van der Waals surface area contributed by atoms with Crippen LogP contribution in [0.1, 0.15) is 33.3 Å². The van der Waals surface area contributed by atoms with E-state index >= 15 is 0 Å². The van der Waals surface area contributed by atoms with Gasteiger partial charge in [-0.05, 0) is 38.1 Å². The summed E-state index contributed by atoms with van der Waals surface area (Å²) in [5.41, 5.74) is 4.34. The van der Waals surface area contributed by atoms with Crippen molar-refractivity contribution in [3.05, 3.63) is 54.1 Å². The Hall–Kier alpha value is -2.42. The van der Waals surface area contributed by atoms with Crippen LogP contribution in [0.3, 0.4) is 0 Å². The van der Waals surface area contributed by atoms with Crippen molar-refractivity contribution >= 4 is 22.4 Å². The van der Waals surface area contributed by atoms with E-state index in [2.05, 4.69) is 65.0 Å². The lowest BCUT2D eigenvalue weighted by molar-refractivity contribution is 0.587. The molecule has 0 amide bonds. The number of aromatic nitrogens is 2. The molecule has 0 aliphatic carbocycles. The maximum absolute atomic E-state index is 4.95. The maximum atomic E-state index is 4.95. The Morgan fingerprint density at radius 1 is 1.04 bits per heavy atom. The molecule has 0 unspecified atom stereocenters. The fraction of sp³-hybridized carbons (Fsp3) is 0.300. The first-order valence-electron chi connectivity index (χ1n) is 7.97. The summed E-state index contributed by atoms with van der Waals surface area (Å²) in [6.07, 6.45) is 0. The van der Waals surface area contributed by atoms with Crippen LogP contribution in [0.4, 0.5) is 5.82 Å². The lowest BCUT2D eigenvalue weighted by Crippen LogP contribution is -2.16. The Labute approximate surface area is 137 Å². The largest absolute Gasteiger partial charge is 0.237 e. The summed E-state index contributed by atoms with van der Waals surface area (Å²) >= 11 is 0. The topological polar surface area (TPSA) is 30.2 Å². The molecule has 3 nitrogen and oxygen atoms in total. The van der Waals surface area contributed by atoms with E-state index < -0.39 is 0 Å². The molecule has 0 spiro atoms. The standard InChI is InChI=1S/C20H23N3/c1-14-11-12-18-17(13-14)19(21-15(2)20(3,4)5)23(22-18)16-9-7-6-8-10-16/h6-13H,1-5H3/b21-15-. The van der Waals surface area contributed by atoms with Gasteiger partial charge in [0, 0.05) is 16.5 Å². The molecule has 118 valence electrons. The van der Waals surface area contributed by atoms with Crippen LogP contribution >= 0.6 is 0 Å². The van der Waals surface area contributed by atoms with Crippen molar-refractivity contribution in [2.24, 2.45) is 10.4 Å². The molecule has 0 atom stereocenters. The van der Waals surface area contributed by atoms with Gasteiger partial charge in [-0.25, -0.2) is 9.67 Å². The van der Waals surface area contributed by atoms with E-state index in [0.29, 0.717) is 0 Å². The fourth-order valence-electron chi connectivity index (χ4n) is 2.37. The van der Waals surface area contributed by atoms with E-state index in [1.54, 1.807) is 0 Å². The van der Waals surface area contributed by atoms with E-state index in [-0.39, 0.29) is 5.41 Å². The molecule has 0 N–H and O–H groups in total. The lowest BCUT2D eigenvalue weighted by Gasteiger charge is -2.18. The minimum atomic E-state index is 0.0297. The number of aliphatic imine (C=N–C) groups is 1. The normalized spacial score (nSPS) is 12.8. The summed E-state index contributed by atoms with van der Waals surface area (Å²) in [5, 5.41) is 5.86. The van der Waals surface area contributed by atoms with Crippen LogP contribution in [-0.4, -0.2) is 15.5 Å². The van der Waals surface area contributed by atoms with Crippen molar-refractivity contribution < 1.29 is 0 Å². The zero-order valence-corrected chi connectivity index (χ0v) is 14.5. The van der Waals surface area contributed by atoms with E-state index in [0.717, 1.165) is 28.1 Å². The van der Waals surface area contributed by atoms with Crippen LogP contribution in [0.25, 0.3) is 16.6 Å². The number of hydrogen-bond acceptors (Lipinski definition) is 2. The van der Waals surface area contributed by atoms with Gasteiger partial charge in [0.25, 0.3) is 0 Å². The summed E-state index contributed by atoms with van der Waals surface area (Å²) in [7, 11) is 0. The molecule has 1 aromatic heterocycles. The Morgan fingerprint density at radius 2 is 1.74 bits per heavy atom. The van der Waals surface area contributed by atoms with Gasteiger partial charge >= 0.3 is 0 Å². The molecule has 0 aliphatic rings. The smallest absolute Gasteiger partial charge is 0.163 e. The zero-order chi connectivity index (χ0) is 16.6. The molecule has 0 fully saturated rings. The minimum absolute atomic E-state index is 0.0297. The van der Waals surface area contributed by atoms with Crippen molar-refractivity contribution in [3.63, 3.8) is 0 Å². The first-order valence-corrected chi connectivity index (χ1v) is 7.97. The Bertz CT molecular complexity index is 865. The average molecular weight is 305 g/mol. The molecule has 0 radical (unpaired) electrons. The molecule has 0 aliphatic heterocycles. The van der Waals surface area contributed by atoms with Gasteiger partial charge in [0.15, 0.2) is 5.82 Å². The first-order chi connectivity index (χ1) is 10.9. The highest BCUT2D eigenvalue weighted by Crippen LogP contribution is 2.31. The number of nitrogens with zero attached hydrogens (tertiary/aromatic N) is 3. The number of rotatable bonds is 2. The molecule has 0 bridgehead atoms. The second kappa shape index (κ2) is 5.65. The third-order valence-corrected chi connectivity index (χ3v) is 4.16. The Kier molecular flexibility index (Phi) is 3.80. The van der Waals surface area contributed by atoms with Gasteiger partial charge in [-0.15, -0.1) is 0 Å². The molecule has 3 heteroatoms. The third-order valence-electron chi connectivity index (χ3n) is 4.16. The van der Waals surface area contributed by atoms with Crippen molar-refractivity contribution in [2.45, 2.75) is 34.6 Å². The van der Waals surface area contributed by atoms with Crippen LogP contribution in [0.2, 0.25) is 0 Å². The van der Waals surface area contributed by atoms with Crippen LogP contribution in [0, 0.1) is 12.3 Å². The fourth-order valence-corrected chi connectivity index (χ4v) is 2.37. The van der Waals surface area contributed by atoms with Gasteiger partial charge in [0.2, 0.25) is 0 Å². The van der Waals surface area contributed by atoms with Crippen LogP contribution in [0.5, 0.6) is 0 Å². The summed E-state index contributed by atoms with van der Waals surface area (Å²) < 4.78 is 1.94. The molecule has 0 saturated heterocycles. The van der Waals surface area contributed by atoms with Gasteiger partial charge < -0.3 is 0 Å². The maximum Gasteiger partial charge on any atom is 0.163 e. The monoisotopic (exact) mass is 305 g/mol. The van der Waals surface area contributed by atoms with E-state index in [4.69, 9.17) is 10.1 Å². The number of hydrogen-bond donors (Lipinski definition) is 0. The van der Waals surface area contributed by atoms with E-state index in [1.807, 2.05) is 22.9 Å². The highest BCUT2D eigenvalue weighted by Gasteiger charge is 2.18. The molecule has 0 saturated carbocycles. The average Bonchev–Trinajstić information content (AvgIpc) is 2.85. The lowest BCUT2D eigenvalue weighted by atomic mass is 9.91. The summed E-state index contributed by atoms with van der Waals surface area (Å²) in [5.74, 6) is 0.905. The highest BCUT2D eigenvalue weighted by atomic mass is 15.3. The molecule has 1 heterocycles. The molecule has 3 rings (SSSR count). The molecular weight excluding hydrogens is 282 g/mol. The highest BCUT2D eigenvalue weighted by molar-refractivity contribution is 5.96. The third kappa shape index (κ3) is 3.04. The predicted molar refractivity (Wildman–Crippen MR) is 98.0 cm³/mol. The SMILES string of the molecule is C/C(=N/c1c2cc(C)ccc2nn1-c1ccccc1)C(C)(C)C. The summed E-state index contributed by atoms with van der Waals surface area (Å²) in [6, 6.07) is 16.5. The Balaban J connectivity index is 2.30. The van der Waals surface area contributed by atoms with Gasteiger partial charge in [0.05, 0.1) is 11.2 Å². The van der Waals surface area contributed by atoms with Crippen LogP contribution in [0.15, 0.2) is 53.5 Å². The minimum Gasteiger partial charge on any atom is -0.237 e. The molecule has 2 aromatic carbocycles. The van der Waals surface area contributed by atoms with E-state index in [1.165, 1.54) is 5.56 Å². The predicted octanol–water partition coefficient (Wildman–Crippen LogP) is 5.47. The van der Waals surface area contributed by atoms with Crippen molar-refractivity contribution in [1.29, 1.82) is 0 Å². The van der Waals surface area contributed by atoms with Gasteiger partial charge in [0.1, 0.15) is 0 Å². The molecule has 23 heavy (non-hydrogen) atoms. The molecular formula is C20H23N3. The van der Waals surface area contributed by atoms with Crippen molar-refractivity contribution in [2.75, 3.05) is 0 Å². The van der Waals surface area contributed by atoms with Gasteiger partial charge in [-0.2, -0.15) is 5.10 Å². The van der Waals surface area contributed by atoms with Gasteiger partial charge in [-0.3, -0.25) is 0 Å². The Morgan fingerprint density at radius 3 is 2.39 bits per heavy atom. The van der Waals surface area contributed by atoms with Crippen molar-refractivity contribution in [3.8, 4) is 5.69 Å². The van der Waals surface area contributed by atoms with Gasteiger partial charge in [-0.1, -0.05) is 50.6 Å². The van der Waals surface area contributed by atoms with Crippen LogP contribution < -0.4 is 0 Å². The zero-order valence-electron chi connectivity index (χ0n) is 14.5. The van der Waals surface area contributed by atoms with Crippen LogP contribution in [-0.2, 0) is 0 Å². The van der Waals surface area contributed by atoms with Crippen molar-refractivity contribution in [1.82, 2.24) is 9.78 Å². The number of para-hydroxylation sites is 1. The summed E-state index contributed by atoms with van der Waals surface area (Å²) in [6.45, 7) is 10.7. The van der Waals surface area contributed by atoms with E-state index in [9.17, 15) is 0 Å².